The van der Waals surface area contributed by atoms with Gasteiger partial charge in [-0.15, -0.1) is 10.2 Å². The van der Waals surface area contributed by atoms with Crippen LogP contribution in [0.2, 0.25) is 0 Å². The Morgan fingerprint density at radius 3 is 3.20 bits per heavy atom. The Labute approximate surface area is 95.3 Å². The molecule has 5 nitrogen and oxygen atoms in total. The summed E-state index contributed by atoms with van der Waals surface area (Å²) in [5.41, 5.74) is 0. The van der Waals surface area contributed by atoms with E-state index in [0.29, 0.717) is 5.22 Å². The lowest BCUT2D eigenvalue weighted by molar-refractivity contribution is 0.454. The van der Waals surface area contributed by atoms with Crippen LogP contribution in [0.3, 0.4) is 0 Å². The monoisotopic (exact) mass is 242 g/mol. The molecule has 15 heavy (non-hydrogen) atoms. The number of hydrogen-bond donors (Lipinski definition) is 1. The van der Waals surface area contributed by atoms with Gasteiger partial charge in [-0.05, 0) is 6.92 Å². The fourth-order valence-electron chi connectivity index (χ4n) is 0.940. The van der Waals surface area contributed by atoms with Gasteiger partial charge >= 0.3 is 0 Å². The highest BCUT2D eigenvalue weighted by Crippen LogP contribution is 2.24. The topological polar surface area (TPSA) is 63.8 Å². The third kappa shape index (κ3) is 2.93. The fourth-order valence-corrected chi connectivity index (χ4v) is 2.52. The highest BCUT2D eigenvalue weighted by atomic mass is 32.2. The maximum atomic E-state index is 5.10. The lowest BCUT2D eigenvalue weighted by Crippen LogP contribution is -1.94. The second-order valence-electron chi connectivity index (χ2n) is 2.62. The van der Waals surface area contributed by atoms with E-state index >= 15 is 0 Å². The zero-order valence-electron chi connectivity index (χ0n) is 8.14. The molecule has 0 aliphatic heterocycles. The number of nitrogens with one attached hydrogen (secondary N) is 1. The summed E-state index contributed by atoms with van der Waals surface area (Å²) in [5, 5.41) is 13.7. The molecule has 0 fully saturated rings. The summed E-state index contributed by atoms with van der Waals surface area (Å²) in [7, 11) is 0. The molecule has 2 aromatic heterocycles. The maximum absolute atomic E-state index is 5.10. The smallest absolute Gasteiger partial charge is 0.255 e. The Morgan fingerprint density at radius 2 is 2.47 bits per heavy atom. The first-order valence-electron chi connectivity index (χ1n) is 4.47. The van der Waals surface area contributed by atoms with E-state index in [-0.39, 0.29) is 0 Å². The molecule has 0 radical (unpaired) electrons. The first-order valence-corrected chi connectivity index (χ1v) is 6.27. The van der Waals surface area contributed by atoms with E-state index in [9.17, 15) is 0 Å². The van der Waals surface area contributed by atoms with Gasteiger partial charge < -0.3 is 9.73 Å². The van der Waals surface area contributed by atoms with Gasteiger partial charge in [0.25, 0.3) is 5.22 Å². The molecule has 0 atom stereocenters. The first-order chi connectivity index (χ1) is 7.38. The molecule has 0 bridgehead atoms. The number of anilines is 1. The minimum Gasteiger partial charge on any atom is -0.440 e. The van der Waals surface area contributed by atoms with Crippen LogP contribution in [-0.2, 0) is 5.75 Å². The molecule has 0 saturated carbocycles. The molecule has 2 heterocycles. The summed E-state index contributed by atoms with van der Waals surface area (Å²) in [4.78, 5) is 4.01. The summed E-state index contributed by atoms with van der Waals surface area (Å²) in [6.07, 6.45) is 3.19. The van der Waals surface area contributed by atoms with Gasteiger partial charge in [0.1, 0.15) is 11.3 Å². The van der Waals surface area contributed by atoms with E-state index in [0.717, 1.165) is 22.4 Å². The van der Waals surface area contributed by atoms with Crippen molar-refractivity contribution < 1.29 is 4.42 Å². The molecule has 0 aromatic carbocycles. The van der Waals surface area contributed by atoms with Crippen molar-refractivity contribution in [2.75, 3.05) is 11.9 Å². The lowest BCUT2D eigenvalue weighted by atomic mass is 10.8. The van der Waals surface area contributed by atoms with E-state index in [1.165, 1.54) is 11.8 Å². The lowest BCUT2D eigenvalue weighted by Gasteiger charge is -1.92. The first kappa shape index (κ1) is 10.4. The van der Waals surface area contributed by atoms with E-state index in [2.05, 4.69) is 20.5 Å². The van der Waals surface area contributed by atoms with E-state index in [4.69, 9.17) is 4.42 Å². The number of thioether (sulfide) groups is 1. The van der Waals surface area contributed by atoms with Crippen molar-refractivity contribution in [1.29, 1.82) is 0 Å². The van der Waals surface area contributed by atoms with Crippen molar-refractivity contribution in [2.45, 2.75) is 17.9 Å². The Balaban J connectivity index is 1.88. The maximum Gasteiger partial charge on any atom is 0.255 e. The molecule has 0 saturated heterocycles. The van der Waals surface area contributed by atoms with Gasteiger partial charge in [-0.3, -0.25) is 0 Å². The van der Waals surface area contributed by atoms with Crippen LogP contribution < -0.4 is 5.32 Å². The second kappa shape index (κ2) is 5.13. The van der Waals surface area contributed by atoms with E-state index in [1.54, 1.807) is 23.8 Å². The minimum absolute atomic E-state index is 0.662. The summed E-state index contributed by atoms with van der Waals surface area (Å²) >= 11 is 3.07. The van der Waals surface area contributed by atoms with Gasteiger partial charge in [0, 0.05) is 6.54 Å². The molecule has 0 unspecified atom stereocenters. The Bertz CT molecular complexity index is 400. The molecule has 80 valence electrons. The largest absolute Gasteiger partial charge is 0.440 e. The number of oxazole rings is 1. The number of hydrogen-bond acceptors (Lipinski definition) is 7. The molecule has 7 heteroatoms. The van der Waals surface area contributed by atoms with E-state index < -0.39 is 0 Å². The molecule has 1 N–H and O–H groups in total. The Hall–Kier alpha value is -1.08. The highest BCUT2D eigenvalue weighted by Gasteiger charge is 2.05. The summed E-state index contributed by atoms with van der Waals surface area (Å²) < 4.78 is 5.10. The highest BCUT2D eigenvalue weighted by molar-refractivity contribution is 7.98. The molecule has 2 rings (SSSR count). The van der Waals surface area contributed by atoms with Crippen LogP contribution in [0.15, 0.2) is 22.1 Å². The standard InChI is InChI=1S/C8H10N4OS2/c1-2-9-7-12-11-6(15-7)5-14-8-10-3-4-13-8/h3-4H,2,5H2,1H3,(H,9,12). The van der Waals surface area contributed by atoms with Gasteiger partial charge in [-0.25, -0.2) is 4.98 Å². The van der Waals surface area contributed by atoms with Crippen LogP contribution in [0.5, 0.6) is 0 Å². The molecule has 0 spiro atoms. The number of rotatable bonds is 5. The molecular weight excluding hydrogens is 232 g/mol. The van der Waals surface area contributed by atoms with Crippen LogP contribution in [0.4, 0.5) is 5.13 Å². The summed E-state index contributed by atoms with van der Waals surface area (Å²) in [6, 6.07) is 0. The van der Waals surface area contributed by atoms with Crippen molar-refractivity contribution in [3.63, 3.8) is 0 Å². The van der Waals surface area contributed by atoms with Crippen molar-refractivity contribution >= 4 is 28.2 Å². The normalized spacial score (nSPS) is 10.5. The van der Waals surface area contributed by atoms with Crippen molar-refractivity contribution in [2.24, 2.45) is 0 Å². The minimum atomic E-state index is 0.662. The predicted molar refractivity (Wildman–Crippen MR) is 60.1 cm³/mol. The van der Waals surface area contributed by atoms with Crippen LogP contribution >= 0.6 is 23.1 Å². The Kier molecular flexibility index (Phi) is 3.57. The third-order valence-electron chi connectivity index (χ3n) is 1.52. The van der Waals surface area contributed by atoms with Gasteiger partial charge in [-0.1, -0.05) is 23.1 Å². The SMILES string of the molecule is CCNc1nnc(CSc2ncco2)s1. The molecule has 0 aliphatic rings. The molecule has 0 amide bonds. The zero-order valence-corrected chi connectivity index (χ0v) is 9.77. The summed E-state index contributed by atoms with van der Waals surface area (Å²) in [6.45, 7) is 2.89. The number of aromatic nitrogens is 3. The quantitative estimate of drug-likeness (QED) is 0.811. The third-order valence-corrected chi connectivity index (χ3v) is 3.45. The van der Waals surface area contributed by atoms with Crippen LogP contribution in [0.25, 0.3) is 0 Å². The second-order valence-corrected chi connectivity index (χ2v) is 4.61. The van der Waals surface area contributed by atoms with Crippen molar-refractivity contribution in [3.8, 4) is 0 Å². The number of nitrogens with zero attached hydrogens (tertiary/aromatic N) is 3. The van der Waals surface area contributed by atoms with Gasteiger partial charge in [0.15, 0.2) is 0 Å². The predicted octanol–water partition coefficient (Wildman–Crippen LogP) is 2.25. The Morgan fingerprint density at radius 1 is 1.53 bits per heavy atom. The van der Waals surface area contributed by atoms with Gasteiger partial charge in [-0.2, -0.15) is 0 Å². The van der Waals surface area contributed by atoms with E-state index in [1.807, 2.05) is 6.92 Å². The summed E-state index contributed by atoms with van der Waals surface area (Å²) in [5.74, 6) is 0.740. The molecule has 0 aliphatic carbocycles. The van der Waals surface area contributed by atoms with Gasteiger partial charge in [0.2, 0.25) is 5.13 Å². The van der Waals surface area contributed by atoms with Crippen LogP contribution in [0.1, 0.15) is 11.9 Å². The average molecular weight is 242 g/mol. The van der Waals surface area contributed by atoms with Crippen LogP contribution in [-0.4, -0.2) is 21.7 Å². The van der Waals surface area contributed by atoms with Crippen LogP contribution in [0, 0.1) is 0 Å². The van der Waals surface area contributed by atoms with Gasteiger partial charge in [0.05, 0.1) is 11.9 Å². The van der Waals surface area contributed by atoms with Crippen molar-refractivity contribution in [1.82, 2.24) is 15.2 Å². The van der Waals surface area contributed by atoms with Crippen molar-refractivity contribution in [3.05, 3.63) is 17.5 Å². The molecule has 2 aromatic rings. The molecular formula is C8H10N4OS2. The average Bonchev–Trinajstić information content (AvgIpc) is 2.85. The fraction of sp³-hybridized carbons (Fsp3) is 0.375. The zero-order chi connectivity index (χ0) is 10.5.